The Morgan fingerprint density at radius 1 is 1.22 bits per heavy atom. The van der Waals surface area contributed by atoms with E-state index in [4.69, 9.17) is 4.74 Å². The number of amides is 1. The Labute approximate surface area is 164 Å². The fourth-order valence-electron chi connectivity index (χ4n) is 2.11. The summed E-state index contributed by atoms with van der Waals surface area (Å²) in [5.74, 6) is 0.664. The third-order valence-corrected chi connectivity index (χ3v) is 5.51. The van der Waals surface area contributed by atoms with Gasteiger partial charge < -0.3 is 4.74 Å². The maximum atomic E-state index is 13.6. The van der Waals surface area contributed by atoms with Gasteiger partial charge in [-0.25, -0.2) is 4.39 Å². The van der Waals surface area contributed by atoms with Crippen molar-refractivity contribution in [1.82, 2.24) is 10.2 Å². The summed E-state index contributed by atoms with van der Waals surface area (Å²) in [6.07, 6.45) is 3.12. The average molecular weight is 401 g/mol. The quantitative estimate of drug-likeness (QED) is 0.355. The smallest absolute Gasteiger partial charge is 0.250 e. The van der Waals surface area contributed by atoms with E-state index in [9.17, 15) is 9.18 Å². The predicted molar refractivity (Wildman–Crippen MR) is 107 cm³/mol. The van der Waals surface area contributed by atoms with E-state index in [1.807, 2.05) is 24.3 Å². The van der Waals surface area contributed by atoms with Crippen LogP contribution in [0.1, 0.15) is 11.1 Å². The van der Waals surface area contributed by atoms with Gasteiger partial charge >= 0.3 is 0 Å². The number of anilines is 1. The van der Waals surface area contributed by atoms with Gasteiger partial charge in [-0.05, 0) is 35.4 Å². The number of carbonyl (C=O) groups is 1. The highest BCUT2D eigenvalue weighted by atomic mass is 32.2. The molecular weight excluding hydrogens is 385 g/mol. The second-order valence-corrected chi connectivity index (χ2v) is 7.55. The third-order valence-electron chi connectivity index (χ3n) is 3.49. The summed E-state index contributed by atoms with van der Waals surface area (Å²) in [5, 5.41) is 11.0. The molecule has 0 aliphatic carbocycles. The second-order valence-electron chi connectivity index (χ2n) is 5.35. The van der Waals surface area contributed by atoms with Crippen LogP contribution in [0, 0.1) is 5.82 Å². The van der Waals surface area contributed by atoms with Crippen LogP contribution in [0.4, 0.5) is 9.52 Å². The molecule has 0 aliphatic heterocycles. The number of nitrogens with one attached hydrogen (secondary N) is 1. The Bertz CT molecular complexity index is 942. The van der Waals surface area contributed by atoms with Gasteiger partial charge in [0.1, 0.15) is 11.6 Å². The van der Waals surface area contributed by atoms with Gasteiger partial charge in [0.15, 0.2) is 4.34 Å². The monoisotopic (exact) mass is 401 g/mol. The Kier molecular flexibility index (Phi) is 6.56. The van der Waals surface area contributed by atoms with Crippen LogP contribution in [0.2, 0.25) is 0 Å². The van der Waals surface area contributed by atoms with Crippen LogP contribution in [0.5, 0.6) is 5.75 Å². The lowest BCUT2D eigenvalue weighted by Gasteiger charge is -1.99. The SMILES string of the molecule is COc1ccc(C=CC(=O)Nc2nnc(SCc3ccccc3F)s2)cc1. The number of benzene rings is 2. The molecule has 3 aromatic rings. The summed E-state index contributed by atoms with van der Waals surface area (Å²) in [5.41, 5.74) is 1.48. The summed E-state index contributed by atoms with van der Waals surface area (Å²) < 4.78 is 19.4. The standard InChI is InChI=1S/C19H16FN3O2S2/c1-25-15-9-6-13(7-10-15)8-11-17(24)21-18-22-23-19(27-18)26-12-14-4-2-3-5-16(14)20/h2-11H,12H2,1H3,(H,21,22,24). The van der Waals surface area contributed by atoms with E-state index < -0.39 is 0 Å². The number of thioether (sulfide) groups is 1. The summed E-state index contributed by atoms with van der Waals surface area (Å²) in [7, 11) is 1.60. The first-order valence-electron chi connectivity index (χ1n) is 7.97. The zero-order valence-electron chi connectivity index (χ0n) is 14.4. The van der Waals surface area contributed by atoms with Gasteiger partial charge in [0.2, 0.25) is 11.0 Å². The first-order chi connectivity index (χ1) is 13.1. The Morgan fingerprint density at radius 2 is 2.00 bits per heavy atom. The van der Waals surface area contributed by atoms with Crippen LogP contribution in [-0.2, 0) is 10.5 Å². The minimum absolute atomic E-state index is 0.244. The van der Waals surface area contributed by atoms with E-state index >= 15 is 0 Å². The van der Waals surface area contributed by atoms with Crippen molar-refractivity contribution >= 4 is 40.2 Å². The van der Waals surface area contributed by atoms with Gasteiger partial charge in [-0.1, -0.05) is 53.4 Å². The maximum Gasteiger partial charge on any atom is 0.250 e. The molecule has 8 heteroatoms. The van der Waals surface area contributed by atoms with Crippen molar-refractivity contribution in [3.05, 3.63) is 71.6 Å². The van der Waals surface area contributed by atoms with Crippen molar-refractivity contribution in [3.63, 3.8) is 0 Å². The molecule has 0 fully saturated rings. The number of hydrogen-bond acceptors (Lipinski definition) is 6. The van der Waals surface area contributed by atoms with Gasteiger partial charge in [-0.15, -0.1) is 10.2 Å². The van der Waals surface area contributed by atoms with E-state index in [-0.39, 0.29) is 11.7 Å². The molecule has 0 saturated heterocycles. The van der Waals surface area contributed by atoms with Crippen molar-refractivity contribution in [2.45, 2.75) is 10.1 Å². The fourth-order valence-corrected chi connectivity index (χ4v) is 3.85. The average Bonchev–Trinajstić information content (AvgIpc) is 3.13. The molecule has 0 aliphatic rings. The molecule has 138 valence electrons. The largest absolute Gasteiger partial charge is 0.497 e. The minimum Gasteiger partial charge on any atom is -0.497 e. The second kappa shape index (κ2) is 9.29. The molecule has 0 unspecified atom stereocenters. The zero-order valence-corrected chi connectivity index (χ0v) is 16.0. The van der Waals surface area contributed by atoms with Crippen molar-refractivity contribution in [1.29, 1.82) is 0 Å². The van der Waals surface area contributed by atoms with Gasteiger partial charge in [-0.3, -0.25) is 10.1 Å². The zero-order chi connectivity index (χ0) is 19.1. The molecule has 0 atom stereocenters. The lowest BCUT2D eigenvalue weighted by atomic mass is 10.2. The molecule has 1 aromatic heterocycles. The highest BCUT2D eigenvalue weighted by Crippen LogP contribution is 2.29. The predicted octanol–water partition coefficient (Wildman–Crippen LogP) is 4.63. The summed E-state index contributed by atoms with van der Waals surface area (Å²) >= 11 is 2.62. The number of nitrogens with zero attached hydrogens (tertiary/aromatic N) is 2. The highest BCUT2D eigenvalue weighted by molar-refractivity contribution is 8.00. The molecule has 0 saturated carbocycles. The minimum atomic E-state index is -0.298. The molecule has 0 radical (unpaired) electrons. The first-order valence-corrected chi connectivity index (χ1v) is 9.77. The van der Waals surface area contributed by atoms with Crippen LogP contribution >= 0.6 is 23.1 Å². The van der Waals surface area contributed by atoms with Crippen LogP contribution in [0.25, 0.3) is 6.08 Å². The fraction of sp³-hybridized carbons (Fsp3) is 0.105. The van der Waals surface area contributed by atoms with Gasteiger partial charge in [-0.2, -0.15) is 0 Å². The molecule has 1 N–H and O–H groups in total. The Hall–Kier alpha value is -2.71. The molecular formula is C19H16FN3O2S2. The van der Waals surface area contributed by atoms with E-state index in [1.165, 1.54) is 35.2 Å². The van der Waals surface area contributed by atoms with Crippen molar-refractivity contribution < 1.29 is 13.9 Å². The molecule has 0 bridgehead atoms. The van der Waals surface area contributed by atoms with E-state index in [0.717, 1.165) is 11.3 Å². The highest BCUT2D eigenvalue weighted by Gasteiger charge is 2.08. The van der Waals surface area contributed by atoms with Crippen LogP contribution in [-0.4, -0.2) is 23.2 Å². The molecule has 27 heavy (non-hydrogen) atoms. The number of methoxy groups -OCH3 is 1. The van der Waals surface area contributed by atoms with Crippen molar-refractivity contribution in [2.75, 3.05) is 12.4 Å². The summed E-state index contributed by atoms with van der Waals surface area (Å²) in [6, 6.07) is 14.0. The summed E-state index contributed by atoms with van der Waals surface area (Å²) in [4.78, 5) is 12.0. The topological polar surface area (TPSA) is 64.1 Å². The summed E-state index contributed by atoms with van der Waals surface area (Å²) in [6.45, 7) is 0. The lowest BCUT2D eigenvalue weighted by Crippen LogP contribution is -2.07. The molecule has 1 amide bonds. The lowest BCUT2D eigenvalue weighted by molar-refractivity contribution is -0.111. The van der Waals surface area contributed by atoms with Gasteiger partial charge in [0, 0.05) is 11.8 Å². The van der Waals surface area contributed by atoms with Crippen molar-refractivity contribution in [2.24, 2.45) is 0 Å². The molecule has 0 spiro atoms. The Balaban J connectivity index is 1.52. The molecule has 2 aromatic carbocycles. The van der Waals surface area contributed by atoms with Crippen LogP contribution in [0.3, 0.4) is 0 Å². The number of aromatic nitrogens is 2. The number of rotatable bonds is 7. The van der Waals surface area contributed by atoms with E-state index in [0.29, 0.717) is 20.8 Å². The van der Waals surface area contributed by atoms with Gasteiger partial charge in [0.05, 0.1) is 7.11 Å². The Morgan fingerprint density at radius 3 is 2.74 bits per heavy atom. The van der Waals surface area contributed by atoms with Gasteiger partial charge in [0.25, 0.3) is 0 Å². The number of hydrogen-bond donors (Lipinski definition) is 1. The number of carbonyl (C=O) groups excluding carboxylic acids is 1. The number of ether oxygens (including phenoxy) is 1. The first kappa shape index (κ1) is 19.1. The van der Waals surface area contributed by atoms with Crippen LogP contribution < -0.4 is 10.1 Å². The van der Waals surface area contributed by atoms with E-state index in [2.05, 4.69) is 15.5 Å². The van der Waals surface area contributed by atoms with E-state index in [1.54, 1.807) is 31.4 Å². The normalized spacial score (nSPS) is 10.9. The molecule has 1 heterocycles. The molecule has 5 nitrogen and oxygen atoms in total. The van der Waals surface area contributed by atoms with Crippen molar-refractivity contribution in [3.8, 4) is 5.75 Å². The molecule has 3 rings (SSSR count). The third kappa shape index (κ3) is 5.63. The number of halogens is 1. The maximum absolute atomic E-state index is 13.6. The van der Waals surface area contributed by atoms with Crippen LogP contribution in [0.15, 0.2) is 58.9 Å².